The molecular weight excluding hydrogens is 372 g/mol. The molecule has 0 unspecified atom stereocenters. The summed E-state index contributed by atoms with van der Waals surface area (Å²) in [7, 11) is 0. The number of amides is 1. The second-order valence-electron chi connectivity index (χ2n) is 6.33. The number of nitrogens with one attached hydrogen (secondary N) is 2. The molecule has 3 aromatic carbocycles. The van der Waals surface area contributed by atoms with E-state index in [1.165, 1.54) is 5.56 Å². The van der Waals surface area contributed by atoms with Crippen LogP contribution in [0, 0.1) is 0 Å². The summed E-state index contributed by atoms with van der Waals surface area (Å²) < 4.78 is 5.77. The van der Waals surface area contributed by atoms with Gasteiger partial charge in [-0.15, -0.1) is 0 Å². The number of benzene rings is 3. The zero-order chi connectivity index (χ0) is 19.6. The Morgan fingerprint density at radius 2 is 1.61 bits per heavy atom. The van der Waals surface area contributed by atoms with Gasteiger partial charge in [0, 0.05) is 23.7 Å². The van der Waals surface area contributed by atoms with Crippen molar-refractivity contribution in [2.75, 3.05) is 18.5 Å². The van der Waals surface area contributed by atoms with Gasteiger partial charge in [-0.3, -0.25) is 4.79 Å². The zero-order valence-electron chi connectivity index (χ0n) is 15.5. The Bertz CT molecular complexity index is 883. The topological polar surface area (TPSA) is 50.4 Å². The van der Waals surface area contributed by atoms with Crippen molar-refractivity contribution in [1.29, 1.82) is 0 Å². The van der Waals surface area contributed by atoms with E-state index in [0.717, 1.165) is 23.4 Å². The van der Waals surface area contributed by atoms with E-state index in [1.54, 1.807) is 0 Å². The first-order valence-electron chi connectivity index (χ1n) is 9.21. The highest BCUT2D eigenvalue weighted by Crippen LogP contribution is 2.16. The van der Waals surface area contributed by atoms with Crippen LogP contribution in [0.5, 0.6) is 5.75 Å². The van der Waals surface area contributed by atoms with Crippen molar-refractivity contribution in [3.63, 3.8) is 0 Å². The van der Waals surface area contributed by atoms with Gasteiger partial charge in [0.2, 0.25) is 5.91 Å². The van der Waals surface area contributed by atoms with Crippen LogP contribution in [0.1, 0.15) is 11.1 Å². The van der Waals surface area contributed by atoms with Gasteiger partial charge in [-0.2, -0.15) is 0 Å². The smallest absolute Gasteiger partial charge is 0.239 e. The van der Waals surface area contributed by atoms with Gasteiger partial charge in [0.1, 0.15) is 5.75 Å². The minimum Gasteiger partial charge on any atom is -0.493 e. The molecule has 0 atom stereocenters. The van der Waals surface area contributed by atoms with Gasteiger partial charge in [-0.25, -0.2) is 0 Å². The van der Waals surface area contributed by atoms with Crippen molar-refractivity contribution in [2.45, 2.75) is 13.0 Å². The maximum absolute atomic E-state index is 12.0. The second kappa shape index (κ2) is 10.4. The molecular formula is C23H23ClN2O2. The van der Waals surface area contributed by atoms with Gasteiger partial charge >= 0.3 is 0 Å². The maximum Gasteiger partial charge on any atom is 0.239 e. The predicted molar refractivity (Wildman–Crippen MR) is 114 cm³/mol. The number of halogens is 1. The number of hydrogen-bond acceptors (Lipinski definition) is 3. The first kappa shape index (κ1) is 19.8. The molecule has 0 saturated carbocycles. The molecule has 3 rings (SSSR count). The molecule has 0 aromatic heterocycles. The summed E-state index contributed by atoms with van der Waals surface area (Å²) in [5, 5.41) is 6.61. The lowest BCUT2D eigenvalue weighted by Gasteiger charge is -2.10. The van der Waals surface area contributed by atoms with Crippen LogP contribution in [0.15, 0.2) is 78.9 Å². The fourth-order valence-electron chi connectivity index (χ4n) is 2.68. The van der Waals surface area contributed by atoms with Crippen LogP contribution in [0.3, 0.4) is 0 Å². The summed E-state index contributed by atoms with van der Waals surface area (Å²) in [6, 6.07) is 25.3. The van der Waals surface area contributed by atoms with Crippen molar-refractivity contribution >= 4 is 23.2 Å². The lowest BCUT2D eigenvalue weighted by Crippen LogP contribution is -2.29. The zero-order valence-corrected chi connectivity index (χ0v) is 16.3. The fourth-order valence-corrected chi connectivity index (χ4v) is 2.88. The van der Waals surface area contributed by atoms with Gasteiger partial charge in [-0.1, -0.05) is 60.1 Å². The summed E-state index contributed by atoms with van der Waals surface area (Å²) in [6.45, 7) is 1.23. The van der Waals surface area contributed by atoms with Gasteiger partial charge in [0.25, 0.3) is 0 Å². The molecule has 0 radical (unpaired) electrons. The molecule has 0 heterocycles. The minimum absolute atomic E-state index is 0.0943. The molecule has 0 spiro atoms. The van der Waals surface area contributed by atoms with E-state index in [1.807, 2.05) is 66.7 Å². The number of hydrogen-bond donors (Lipinski definition) is 2. The Kier molecular flexibility index (Phi) is 7.33. The van der Waals surface area contributed by atoms with Crippen LogP contribution in [-0.2, 0) is 17.8 Å². The van der Waals surface area contributed by atoms with E-state index in [9.17, 15) is 4.79 Å². The van der Waals surface area contributed by atoms with Gasteiger partial charge < -0.3 is 15.4 Å². The van der Waals surface area contributed by atoms with Crippen LogP contribution in [-0.4, -0.2) is 19.1 Å². The molecule has 0 saturated heterocycles. The Balaban J connectivity index is 1.38. The molecule has 0 bridgehead atoms. The molecule has 5 heteroatoms. The molecule has 3 aromatic rings. The third-order valence-electron chi connectivity index (χ3n) is 4.24. The molecule has 144 valence electrons. The Hall–Kier alpha value is -2.98. The first-order valence-corrected chi connectivity index (χ1v) is 9.59. The summed E-state index contributed by atoms with van der Waals surface area (Å²) in [5.74, 6) is 0.716. The summed E-state index contributed by atoms with van der Waals surface area (Å²) in [4.78, 5) is 12.0. The second-order valence-corrected chi connectivity index (χ2v) is 6.74. The van der Waals surface area contributed by atoms with Crippen LogP contribution in [0.4, 0.5) is 5.69 Å². The molecule has 1 amide bonds. The molecule has 0 fully saturated rings. The van der Waals surface area contributed by atoms with Gasteiger partial charge in [0.05, 0.1) is 13.2 Å². The van der Waals surface area contributed by atoms with E-state index >= 15 is 0 Å². The van der Waals surface area contributed by atoms with E-state index in [0.29, 0.717) is 18.2 Å². The number of ether oxygens (including phenoxy) is 1. The van der Waals surface area contributed by atoms with Crippen LogP contribution >= 0.6 is 11.6 Å². The SMILES string of the molecule is O=C(CNc1ccc(OCCc2ccccc2)cc1)NCc1ccccc1Cl. The van der Waals surface area contributed by atoms with E-state index in [-0.39, 0.29) is 12.5 Å². The highest BCUT2D eigenvalue weighted by molar-refractivity contribution is 6.31. The average molecular weight is 395 g/mol. The average Bonchev–Trinajstić information content (AvgIpc) is 2.73. The Morgan fingerprint density at radius 3 is 2.36 bits per heavy atom. The van der Waals surface area contributed by atoms with E-state index in [2.05, 4.69) is 22.8 Å². The van der Waals surface area contributed by atoms with Gasteiger partial charge in [-0.05, 0) is 41.5 Å². The molecule has 0 aliphatic carbocycles. The first-order chi connectivity index (χ1) is 13.7. The van der Waals surface area contributed by atoms with Crippen LogP contribution in [0.2, 0.25) is 5.02 Å². The largest absolute Gasteiger partial charge is 0.493 e. The molecule has 28 heavy (non-hydrogen) atoms. The highest BCUT2D eigenvalue weighted by Gasteiger charge is 2.04. The van der Waals surface area contributed by atoms with Crippen molar-refractivity contribution in [1.82, 2.24) is 5.32 Å². The maximum atomic E-state index is 12.0. The molecule has 4 nitrogen and oxygen atoms in total. The standard InChI is InChI=1S/C23H23ClN2O2/c24-22-9-5-4-8-19(22)16-26-23(27)17-25-20-10-12-21(13-11-20)28-15-14-18-6-2-1-3-7-18/h1-13,25H,14-17H2,(H,26,27). The predicted octanol–water partition coefficient (Wildman–Crippen LogP) is 4.69. The quantitative estimate of drug-likeness (QED) is 0.553. The highest BCUT2D eigenvalue weighted by atomic mass is 35.5. The minimum atomic E-state index is -0.0943. The fraction of sp³-hybridized carbons (Fsp3) is 0.174. The van der Waals surface area contributed by atoms with Crippen molar-refractivity contribution in [3.8, 4) is 5.75 Å². The van der Waals surface area contributed by atoms with E-state index < -0.39 is 0 Å². The monoisotopic (exact) mass is 394 g/mol. The van der Waals surface area contributed by atoms with Crippen molar-refractivity contribution in [2.24, 2.45) is 0 Å². The number of anilines is 1. The number of rotatable bonds is 9. The Labute approximate surface area is 170 Å². The molecule has 0 aliphatic heterocycles. The van der Waals surface area contributed by atoms with Gasteiger partial charge in [0.15, 0.2) is 0 Å². The summed E-state index contributed by atoms with van der Waals surface area (Å²) in [6.07, 6.45) is 0.868. The van der Waals surface area contributed by atoms with Crippen LogP contribution < -0.4 is 15.4 Å². The lowest BCUT2D eigenvalue weighted by atomic mass is 10.2. The summed E-state index contributed by atoms with van der Waals surface area (Å²) >= 11 is 6.09. The van der Waals surface area contributed by atoms with Crippen LogP contribution in [0.25, 0.3) is 0 Å². The van der Waals surface area contributed by atoms with Crippen molar-refractivity contribution in [3.05, 3.63) is 95.0 Å². The molecule has 0 aliphatic rings. The third kappa shape index (κ3) is 6.32. The Morgan fingerprint density at radius 1 is 0.893 bits per heavy atom. The number of carbonyl (C=O) groups is 1. The normalized spacial score (nSPS) is 10.3. The third-order valence-corrected chi connectivity index (χ3v) is 4.61. The summed E-state index contributed by atoms with van der Waals surface area (Å²) in [5.41, 5.74) is 3.02. The lowest BCUT2D eigenvalue weighted by molar-refractivity contribution is -0.119. The van der Waals surface area contributed by atoms with E-state index in [4.69, 9.17) is 16.3 Å². The van der Waals surface area contributed by atoms with Crippen molar-refractivity contribution < 1.29 is 9.53 Å². The number of carbonyl (C=O) groups excluding carboxylic acids is 1. The molecule has 2 N–H and O–H groups in total.